The van der Waals surface area contributed by atoms with Gasteiger partial charge >= 0.3 is 0 Å². The summed E-state index contributed by atoms with van der Waals surface area (Å²) >= 11 is 0. The third-order valence-corrected chi connectivity index (χ3v) is 5.63. The van der Waals surface area contributed by atoms with Gasteiger partial charge in [0.2, 0.25) is 5.91 Å². The lowest BCUT2D eigenvalue weighted by Crippen LogP contribution is -2.33. The van der Waals surface area contributed by atoms with Crippen molar-refractivity contribution in [1.82, 2.24) is 14.7 Å². The van der Waals surface area contributed by atoms with E-state index in [0.717, 1.165) is 31.5 Å². The molecule has 1 amide bonds. The van der Waals surface area contributed by atoms with Gasteiger partial charge in [-0.15, -0.1) is 0 Å². The maximum absolute atomic E-state index is 12.6. The van der Waals surface area contributed by atoms with Crippen molar-refractivity contribution in [2.45, 2.75) is 50.6 Å². The average Bonchev–Trinajstić information content (AvgIpc) is 3.34. The second-order valence-electron chi connectivity index (χ2n) is 7.32. The molecular weight excluding hydrogens is 312 g/mol. The Labute approximate surface area is 149 Å². The van der Waals surface area contributed by atoms with Crippen LogP contribution in [0.5, 0.6) is 0 Å². The van der Waals surface area contributed by atoms with Crippen LogP contribution in [0.4, 0.5) is 5.82 Å². The molecule has 132 valence electrons. The largest absolute Gasteiger partial charge is 0.310 e. The molecule has 0 radical (unpaired) electrons. The average molecular weight is 338 g/mol. The Bertz CT molecular complexity index is 748. The fourth-order valence-electron chi connectivity index (χ4n) is 4.36. The van der Waals surface area contributed by atoms with Crippen molar-refractivity contribution in [3.05, 3.63) is 47.7 Å². The molecule has 1 aromatic heterocycles. The van der Waals surface area contributed by atoms with E-state index in [1.54, 1.807) is 6.20 Å². The van der Waals surface area contributed by atoms with Crippen molar-refractivity contribution in [2.24, 2.45) is 0 Å². The zero-order valence-electron chi connectivity index (χ0n) is 14.8. The minimum atomic E-state index is 0.0339. The number of benzene rings is 1. The highest BCUT2D eigenvalue weighted by Gasteiger charge is 2.27. The van der Waals surface area contributed by atoms with Crippen LogP contribution in [0, 0.1) is 0 Å². The van der Waals surface area contributed by atoms with Gasteiger partial charge in [0, 0.05) is 12.1 Å². The molecule has 5 nitrogen and oxygen atoms in total. The number of aryl methyl sites for hydroxylation is 1. The number of aromatic nitrogens is 2. The number of hydrogen-bond donors (Lipinski definition) is 1. The number of carbonyl (C=O) groups is 1. The summed E-state index contributed by atoms with van der Waals surface area (Å²) < 4.78 is 2.00. The van der Waals surface area contributed by atoms with Crippen LogP contribution in [0.2, 0.25) is 0 Å². The summed E-state index contributed by atoms with van der Waals surface area (Å²) in [5, 5.41) is 7.49. The number of carbonyl (C=O) groups excluding carboxylic acids is 1. The number of hydrogen-bond acceptors (Lipinski definition) is 3. The predicted molar refractivity (Wildman–Crippen MR) is 98.5 cm³/mol. The van der Waals surface area contributed by atoms with E-state index in [1.165, 1.54) is 24.0 Å². The minimum absolute atomic E-state index is 0.0339. The molecule has 1 fully saturated rings. The Morgan fingerprint density at radius 1 is 1.24 bits per heavy atom. The monoisotopic (exact) mass is 338 g/mol. The van der Waals surface area contributed by atoms with Gasteiger partial charge in [0.25, 0.3) is 0 Å². The molecule has 4 rings (SSSR count). The van der Waals surface area contributed by atoms with E-state index >= 15 is 0 Å². The molecule has 0 spiro atoms. The summed E-state index contributed by atoms with van der Waals surface area (Å²) in [5.41, 5.74) is 2.79. The van der Waals surface area contributed by atoms with Gasteiger partial charge < -0.3 is 5.32 Å². The first-order valence-corrected chi connectivity index (χ1v) is 9.34. The quantitative estimate of drug-likeness (QED) is 0.907. The van der Waals surface area contributed by atoms with Gasteiger partial charge in [-0.25, -0.2) is 4.68 Å². The van der Waals surface area contributed by atoms with E-state index in [0.29, 0.717) is 18.6 Å². The van der Waals surface area contributed by atoms with E-state index in [1.807, 2.05) is 17.8 Å². The molecule has 0 aliphatic heterocycles. The third kappa shape index (κ3) is 3.33. The van der Waals surface area contributed by atoms with Gasteiger partial charge in [-0.1, -0.05) is 37.1 Å². The minimum Gasteiger partial charge on any atom is -0.310 e. The van der Waals surface area contributed by atoms with Crippen molar-refractivity contribution < 1.29 is 4.79 Å². The van der Waals surface area contributed by atoms with Crippen LogP contribution in [-0.4, -0.2) is 34.2 Å². The number of likely N-dealkylation sites (N-methyl/N-ethyl adjacent to an activating group) is 1. The maximum atomic E-state index is 12.6. The second-order valence-corrected chi connectivity index (χ2v) is 7.32. The van der Waals surface area contributed by atoms with Crippen LogP contribution in [0.25, 0.3) is 0 Å². The first-order valence-electron chi connectivity index (χ1n) is 9.34. The number of amides is 1. The second kappa shape index (κ2) is 7.00. The van der Waals surface area contributed by atoms with Crippen molar-refractivity contribution in [3.8, 4) is 0 Å². The van der Waals surface area contributed by atoms with Crippen LogP contribution in [0.3, 0.4) is 0 Å². The molecule has 2 aliphatic rings. The number of nitrogens with zero attached hydrogens (tertiary/aromatic N) is 3. The summed E-state index contributed by atoms with van der Waals surface area (Å²) in [7, 11) is 2.04. The SMILES string of the molecule is CN(CC(=O)Nc1ccnn1C1CCCC1)[C@@H]1CCc2ccccc21. The molecule has 1 saturated carbocycles. The smallest absolute Gasteiger partial charge is 0.239 e. The first kappa shape index (κ1) is 16.3. The van der Waals surface area contributed by atoms with Crippen molar-refractivity contribution in [2.75, 3.05) is 18.9 Å². The van der Waals surface area contributed by atoms with E-state index in [4.69, 9.17) is 0 Å². The molecule has 0 saturated heterocycles. The molecule has 25 heavy (non-hydrogen) atoms. The van der Waals surface area contributed by atoms with E-state index in [9.17, 15) is 4.79 Å². The number of fused-ring (bicyclic) bond motifs is 1. The van der Waals surface area contributed by atoms with Crippen molar-refractivity contribution >= 4 is 11.7 Å². The molecule has 1 N–H and O–H groups in total. The highest BCUT2D eigenvalue weighted by molar-refractivity contribution is 5.91. The van der Waals surface area contributed by atoms with Crippen LogP contribution in [-0.2, 0) is 11.2 Å². The molecule has 1 heterocycles. The van der Waals surface area contributed by atoms with Crippen LogP contribution in [0.15, 0.2) is 36.5 Å². The normalized spacial score (nSPS) is 20.2. The summed E-state index contributed by atoms with van der Waals surface area (Å²) in [5.74, 6) is 0.865. The Kier molecular flexibility index (Phi) is 4.57. The van der Waals surface area contributed by atoms with Gasteiger partial charge in [-0.3, -0.25) is 9.69 Å². The van der Waals surface area contributed by atoms with E-state index in [2.05, 4.69) is 39.6 Å². The fourth-order valence-corrected chi connectivity index (χ4v) is 4.36. The molecule has 5 heteroatoms. The Morgan fingerprint density at radius 2 is 2.04 bits per heavy atom. The molecular formula is C20H26N4O. The molecule has 1 atom stereocenters. The number of anilines is 1. The maximum Gasteiger partial charge on any atom is 0.239 e. The third-order valence-electron chi connectivity index (χ3n) is 5.63. The van der Waals surface area contributed by atoms with Gasteiger partial charge in [0.05, 0.1) is 18.8 Å². The lowest BCUT2D eigenvalue weighted by atomic mass is 10.1. The summed E-state index contributed by atoms with van der Waals surface area (Å²) in [6.45, 7) is 0.398. The van der Waals surface area contributed by atoms with Crippen molar-refractivity contribution in [1.29, 1.82) is 0 Å². The van der Waals surface area contributed by atoms with Gasteiger partial charge in [0.1, 0.15) is 5.82 Å². The Hall–Kier alpha value is -2.14. The Morgan fingerprint density at radius 3 is 2.88 bits per heavy atom. The van der Waals surface area contributed by atoms with Crippen LogP contribution in [0.1, 0.15) is 55.3 Å². The summed E-state index contributed by atoms with van der Waals surface area (Å²) in [4.78, 5) is 14.7. The van der Waals surface area contributed by atoms with E-state index < -0.39 is 0 Å². The van der Waals surface area contributed by atoms with E-state index in [-0.39, 0.29) is 5.91 Å². The fraction of sp³-hybridized carbons (Fsp3) is 0.500. The molecule has 0 bridgehead atoms. The lowest BCUT2D eigenvalue weighted by molar-refractivity contribution is -0.117. The van der Waals surface area contributed by atoms with Crippen molar-refractivity contribution in [3.63, 3.8) is 0 Å². The molecule has 0 unspecified atom stereocenters. The summed E-state index contributed by atoms with van der Waals surface area (Å²) in [6.07, 6.45) is 8.78. The lowest BCUT2D eigenvalue weighted by Gasteiger charge is -2.24. The highest BCUT2D eigenvalue weighted by atomic mass is 16.2. The topological polar surface area (TPSA) is 50.2 Å². The predicted octanol–water partition coefficient (Wildman–Crippen LogP) is 3.56. The highest BCUT2D eigenvalue weighted by Crippen LogP contribution is 2.35. The van der Waals surface area contributed by atoms with Crippen LogP contribution < -0.4 is 5.32 Å². The standard InChI is InChI=1S/C20H26N4O/c1-23(18-11-10-15-6-2-5-9-17(15)18)14-20(25)22-19-12-13-21-24(19)16-7-3-4-8-16/h2,5-6,9,12-13,16,18H,3-4,7-8,10-11,14H2,1H3,(H,22,25)/t18-/m1/s1. The number of nitrogens with one attached hydrogen (secondary N) is 1. The first-order chi connectivity index (χ1) is 12.2. The van der Waals surface area contributed by atoms with Crippen LogP contribution >= 0.6 is 0 Å². The molecule has 2 aromatic rings. The zero-order valence-corrected chi connectivity index (χ0v) is 14.8. The Balaban J connectivity index is 1.39. The van der Waals surface area contributed by atoms with Gasteiger partial charge in [-0.05, 0) is 43.9 Å². The number of rotatable bonds is 5. The molecule has 2 aliphatic carbocycles. The van der Waals surface area contributed by atoms with Gasteiger partial charge in [0.15, 0.2) is 0 Å². The zero-order chi connectivity index (χ0) is 17.2. The summed E-state index contributed by atoms with van der Waals surface area (Å²) in [6, 6.07) is 11.2. The molecule has 1 aromatic carbocycles. The van der Waals surface area contributed by atoms with Gasteiger partial charge in [-0.2, -0.15) is 5.10 Å².